The molecule has 0 aromatic heterocycles. The fourth-order valence-electron chi connectivity index (χ4n) is 4.00. The molecule has 1 N–H and O–H groups in total. The van der Waals surface area contributed by atoms with E-state index in [0.717, 1.165) is 7.11 Å². The second-order valence-corrected chi connectivity index (χ2v) is 11.4. The maximum Gasteiger partial charge on any atom is 0.384 e. The van der Waals surface area contributed by atoms with E-state index in [2.05, 4.69) is 27.4 Å². The number of unbranched alkanes of at least 4 members (excludes halogenated alkanes) is 4. The topological polar surface area (TPSA) is 82.1 Å². The summed E-state index contributed by atoms with van der Waals surface area (Å²) >= 11 is 0. The molecule has 0 amide bonds. The van der Waals surface area contributed by atoms with Gasteiger partial charge in [-0.1, -0.05) is 45.8 Å². The van der Waals surface area contributed by atoms with Crippen molar-refractivity contribution in [1.29, 1.82) is 0 Å². The Labute approximate surface area is 281 Å². The second-order valence-electron chi connectivity index (χ2n) is 11.4. The fourth-order valence-corrected chi connectivity index (χ4v) is 4.00. The summed E-state index contributed by atoms with van der Waals surface area (Å²) in [6, 6.07) is 0. The molecular weight excluding hydrogens is 748 g/mol. The molecule has 22 heteroatoms. The number of ether oxygens (including phenoxy) is 3. The lowest BCUT2D eigenvalue weighted by atomic mass is 9.85. The molecule has 0 bridgehead atoms. The summed E-state index contributed by atoms with van der Waals surface area (Å²) in [5.41, 5.74) is -1.14. The van der Waals surface area contributed by atoms with Crippen LogP contribution in [0.4, 0.5) is 70.2 Å². The average Bonchev–Trinajstić information content (AvgIpc) is 3.02. The number of aliphatic hydroxyl groups is 1. The molecule has 0 saturated carbocycles. The number of halogens is 16. The van der Waals surface area contributed by atoms with E-state index in [9.17, 15) is 79.8 Å². The van der Waals surface area contributed by atoms with Gasteiger partial charge in [-0.2, -0.15) is 70.2 Å². The zero-order chi connectivity index (χ0) is 40.5. The van der Waals surface area contributed by atoms with Crippen LogP contribution in [0.1, 0.15) is 58.3 Å². The van der Waals surface area contributed by atoms with Crippen LogP contribution in [0.25, 0.3) is 0 Å². The molecule has 0 fully saturated rings. The molecule has 1 atom stereocenters. The number of aliphatic hydroxyl groups excluding tert-OH is 1. The molecule has 0 rings (SSSR count). The van der Waals surface area contributed by atoms with Crippen LogP contribution in [0.2, 0.25) is 0 Å². The van der Waals surface area contributed by atoms with Gasteiger partial charge in [0.15, 0.2) is 0 Å². The highest BCUT2D eigenvalue weighted by Crippen LogP contribution is 2.64. The van der Waals surface area contributed by atoms with E-state index >= 15 is 0 Å². The molecule has 0 saturated heterocycles. The van der Waals surface area contributed by atoms with Crippen LogP contribution in [0.3, 0.4) is 0 Å². The van der Waals surface area contributed by atoms with Crippen molar-refractivity contribution < 1.29 is 99.2 Å². The predicted octanol–water partition coefficient (Wildman–Crippen LogP) is 8.66. The van der Waals surface area contributed by atoms with Crippen molar-refractivity contribution in [2.45, 2.75) is 106 Å². The number of esters is 2. The lowest BCUT2D eigenvalue weighted by Gasteiger charge is -2.43. The maximum absolute atomic E-state index is 14.6. The Bertz CT molecular complexity index is 1190. The van der Waals surface area contributed by atoms with E-state index in [1.54, 1.807) is 6.92 Å². The highest BCUT2D eigenvalue weighted by Gasteiger charge is 2.94. The molecule has 300 valence electrons. The van der Waals surface area contributed by atoms with Crippen LogP contribution in [-0.2, 0) is 23.8 Å². The Kier molecular flexibility index (Phi) is 16.9. The summed E-state index contributed by atoms with van der Waals surface area (Å²) in [4.78, 5) is 23.6. The molecule has 0 radical (unpaired) electrons. The third-order valence-electron chi connectivity index (χ3n) is 7.34. The standard InChI is InChI=1S/C29H36F16O6/c1-5-6-7-8-9-11-22(30,31)24(34,35)26(38,39)28(42,43)29(44,45)27(40,41)25(36,37)23(32,33)12-10-19(15-50-20(47)17(2)13-46)16-51-21(48)18(3)14-49-4/h19,46H,2-3,5-16H2,1,4H3. The Morgan fingerprint density at radius 2 is 0.961 bits per heavy atom. The minimum atomic E-state index is -8.56. The van der Waals surface area contributed by atoms with Crippen LogP contribution in [0.5, 0.6) is 0 Å². The van der Waals surface area contributed by atoms with Crippen molar-refractivity contribution in [3.05, 3.63) is 24.3 Å². The predicted molar refractivity (Wildman–Crippen MR) is 145 cm³/mol. The number of rotatable bonds is 25. The number of alkyl halides is 16. The molecule has 51 heavy (non-hydrogen) atoms. The van der Waals surface area contributed by atoms with Gasteiger partial charge in [-0.3, -0.25) is 0 Å². The van der Waals surface area contributed by atoms with E-state index in [0.29, 0.717) is 12.8 Å². The number of hydrogen-bond acceptors (Lipinski definition) is 6. The third-order valence-corrected chi connectivity index (χ3v) is 7.34. The van der Waals surface area contributed by atoms with Gasteiger partial charge in [0.25, 0.3) is 0 Å². The Morgan fingerprint density at radius 1 is 0.588 bits per heavy atom. The van der Waals surface area contributed by atoms with Gasteiger partial charge in [0.05, 0.1) is 37.6 Å². The third kappa shape index (κ3) is 10.2. The van der Waals surface area contributed by atoms with Crippen molar-refractivity contribution in [3.8, 4) is 0 Å². The van der Waals surface area contributed by atoms with E-state index < -0.39 is 128 Å². The maximum atomic E-state index is 14.6. The first kappa shape index (κ1) is 48.2. The van der Waals surface area contributed by atoms with E-state index in [4.69, 9.17) is 5.11 Å². The average molecular weight is 785 g/mol. The van der Waals surface area contributed by atoms with Crippen LogP contribution in [-0.4, -0.2) is 98.0 Å². The quantitative estimate of drug-likeness (QED) is 0.0432. The van der Waals surface area contributed by atoms with E-state index in [-0.39, 0.29) is 12.8 Å². The molecule has 1 unspecified atom stereocenters. The molecule has 0 spiro atoms. The van der Waals surface area contributed by atoms with Gasteiger partial charge >= 0.3 is 59.3 Å². The Hall–Kier alpha value is -2.78. The van der Waals surface area contributed by atoms with Crippen LogP contribution < -0.4 is 0 Å². The highest BCUT2D eigenvalue weighted by atomic mass is 19.4. The normalized spacial score (nSPS) is 14.6. The minimum Gasteiger partial charge on any atom is -0.462 e. The summed E-state index contributed by atoms with van der Waals surface area (Å²) in [5.74, 6) is -66.8. The second kappa shape index (κ2) is 17.8. The first-order chi connectivity index (χ1) is 22.9. The van der Waals surface area contributed by atoms with Crippen LogP contribution >= 0.6 is 0 Å². The van der Waals surface area contributed by atoms with Crippen molar-refractivity contribution in [2.24, 2.45) is 5.92 Å². The highest BCUT2D eigenvalue weighted by molar-refractivity contribution is 5.88. The molecular formula is C29H36F16O6. The summed E-state index contributed by atoms with van der Waals surface area (Å²) in [6.45, 7) is 3.81. The molecule has 0 aliphatic heterocycles. The lowest BCUT2D eigenvalue weighted by Crippen LogP contribution is -2.74. The van der Waals surface area contributed by atoms with Crippen LogP contribution in [0.15, 0.2) is 24.3 Å². The van der Waals surface area contributed by atoms with Gasteiger partial charge in [-0.05, 0) is 12.8 Å². The molecule has 6 nitrogen and oxygen atoms in total. The summed E-state index contributed by atoms with van der Waals surface area (Å²) < 4.78 is 243. The first-order valence-electron chi connectivity index (χ1n) is 14.7. The Morgan fingerprint density at radius 3 is 1.35 bits per heavy atom. The van der Waals surface area contributed by atoms with Crippen LogP contribution in [0, 0.1) is 5.92 Å². The number of carbonyl (C=O) groups is 2. The number of carbonyl (C=O) groups excluding carboxylic acids is 2. The number of methoxy groups -OCH3 is 1. The molecule has 0 heterocycles. The van der Waals surface area contributed by atoms with Gasteiger partial charge in [0, 0.05) is 25.9 Å². The minimum absolute atomic E-state index is 0.0406. The molecule has 0 aliphatic carbocycles. The SMILES string of the molecule is C=C(CO)C(=O)OCC(CCC(F)(F)C(F)(F)C(F)(F)C(F)(F)C(F)(F)C(F)(F)C(F)(F)C(F)(F)CCCCCCC)COC(=O)C(=C)COC. The zero-order valence-corrected chi connectivity index (χ0v) is 27.0. The smallest absolute Gasteiger partial charge is 0.384 e. The largest absolute Gasteiger partial charge is 0.462 e. The zero-order valence-electron chi connectivity index (χ0n) is 27.0. The monoisotopic (exact) mass is 784 g/mol. The first-order valence-corrected chi connectivity index (χ1v) is 14.7. The molecule has 0 aromatic carbocycles. The summed E-state index contributed by atoms with van der Waals surface area (Å²) in [5, 5.41) is 8.87. The fraction of sp³-hybridized carbons (Fsp3) is 0.793. The van der Waals surface area contributed by atoms with E-state index in [1.165, 1.54) is 0 Å². The van der Waals surface area contributed by atoms with Crippen molar-refractivity contribution >= 4 is 11.9 Å². The van der Waals surface area contributed by atoms with Gasteiger partial charge in [0.1, 0.15) is 0 Å². The van der Waals surface area contributed by atoms with Gasteiger partial charge < -0.3 is 19.3 Å². The lowest BCUT2D eigenvalue weighted by molar-refractivity contribution is -0.453. The molecule has 0 aliphatic rings. The summed E-state index contributed by atoms with van der Waals surface area (Å²) in [6.07, 6.45) is -7.51. The van der Waals surface area contributed by atoms with Gasteiger partial charge in [-0.15, -0.1) is 0 Å². The van der Waals surface area contributed by atoms with Gasteiger partial charge in [-0.25, -0.2) is 9.59 Å². The van der Waals surface area contributed by atoms with Crippen molar-refractivity contribution in [3.63, 3.8) is 0 Å². The Balaban J connectivity index is 6.44. The van der Waals surface area contributed by atoms with Gasteiger partial charge in [0.2, 0.25) is 0 Å². The van der Waals surface area contributed by atoms with Crippen molar-refractivity contribution in [2.75, 3.05) is 33.5 Å². The molecule has 0 aromatic rings. The summed E-state index contributed by atoms with van der Waals surface area (Å²) in [7, 11) is 1.07. The van der Waals surface area contributed by atoms with E-state index in [1.807, 2.05) is 0 Å². The number of hydrogen-bond donors (Lipinski definition) is 1. The van der Waals surface area contributed by atoms with Crippen molar-refractivity contribution in [1.82, 2.24) is 0 Å².